The Morgan fingerprint density at radius 2 is 1.92 bits per heavy atom. The fourth-order valence-electron chi connectivity index (χ4n) is 4.53. The van der Waals surface area contributed by atoms with E-state index < -0.39 is 0 Å². The number of allylic oxidation sites excluding steroid dienone is 2. The summed E-state index contributed by atoms with van der Waals surface area (Å²) in [6.45, 7) is 15.5. The van der Waals surface area contributed by atoms with Gasteiger partial charge in [0.15, 0.2) is 0 Å². The summed E-state index contributed by atoms with van der Waals surface area (Å²) in [6.07, 6.45) is 15.7. The lowest BCUT2D eigenvalue weighted by atomic mass is 9.84. The number of hydrogen-bond acceptors (Lipinski definition) is 4. The number of pyridine rings is 1. The van der Waals surface area contributed by atoms with E-state index in [1.165, 1.54) is 37.7 Å². The molecule has 1 saturated carbocycles. The average molecular weight is 481 g/mol. The Bertz CT molecular complexity index is 1160. The van der Waals surface area contributed by atoms with Gasteiger partial charge in [-0.2, -0.15) is 0 Å². The van der Waals surface area contributed by atoms with Gasteiger partial charge in [0, 0.05) is 41.3 Å². The predicted molar refractivity (Wildman–Crippen MR) is 155 cm³/mol. The van der Waals surface area contributed by atoms with Gasteiger partial charge < -0.3 is 5.32 Å². The van der Waals surface area contributed by atoms with Crippen LogP contribution in [0.15, 0.2) is 78.1 Å². The molecule has 1 N–H and O–H groups in total. The van der Waals surface area contributed by atoms with Gasteiger partial charge in [-0.1, -0.05) is 50.5 Å². The second kappa shape index (κ2) is 13.0. The van der Waals surface area contributed by atoms with E-state index in [0.29, 0.717) is 23.4 Å². The molecule has 2 aromatic rings. The van der Waals surface area contributed by atoms with Gasteiger partial charge in [0.2, 0.25) is 0 Å². The van der Waals surface area contributed by atoms with Crippen LogP contribution in [0.2, 0.25) is 0 Å². The molecule has 36 heavy (non-hydrogen) atoms. The largest absolute Gasteiger partial charge is 0.359 e. The number of aromatic nitrogens is 1. The Morgan fingerprint density at radius 1 is 1.22 bits per heavy atom. The highest BCUT2D eigenvalue weighted by atomic mass is 15.1. The van der Waals surface area contributed by atoms with Crippen LogP contribution in [0.3, 0.4) is 0 Å². The van der Waals surface area contributed by atoms with Crippen LogP contribution in [-0.2, 0) is 0 Å². The molecule has 0 bridgehead atoms. The maximum atomic E-state index is 5.53. The van der Waals surface area contributed by atoms with Crippen LogP contribution < -0.4 is 5.32 Å². The third-order valence-corrected chi connectivity index (χ3v) is 7.06. The lowest BCUT2D eigenvalue weighted by molar-refractivity contribution is 0.299. The van der Waals surface area contributed by atoms with Gasteiger partial charge in [-0.15, -0.1) is 6.42 Å². The molecule has 0 aliphatic heterocycles. The van der Waals surface area contributed by atoms with Gasteiger partial charge in [0.05, 0.1) is 11.4 Å². The number of benzene rings is 1. The Labute approximate surface area is 218 Å². The topological polar surface area (TPSA) is 40.5 Å². The predicted octanol–water partition coefficient (Wildman–Crippen LogP) is 7.43. The van der Waals surface area contributed by atoms with Gasteiger partial charge in [-0.25, -0.2) is 9.98 Å². The molecule has 1 fully saturated rings. The zero-order valence-electron chi connectivity index (χ0n) is 22.3. The number of aliphatic imine (C=N–C) groups is 1. The second-order valence-electron chi connectivity index (χ2n) is 9.92. The Morgan fingerprint density at radius 3 is 2.53 bits per heavy atom. The van der Waals surface area contributed by atoms with Crippen molar-refractivity contribution in [1.82, 2.24) is 9.88 Å². The summed E-state index contributed by atoms with van der Waals surface area (Å²) in [5.74, 6) is 3.28. The SMILES string of the molecule is C#Cc1cc(C(=C)N=C(C=C)/C(CN(C)C(C)C)=C(\C)Nc2ccc(C3CCCCC3)cc2)ccn1. The number of anilines is 1. The van der Waals surface area contributed by atoms with Crippen molar-refractivity contribution in [2.45, 2.75) is 64.8 Å². The molecule has 1 aromatic carbocycles. The summed E-state index contributed by atoms with van der Waals surface area (Å²) in [6, 6.07) is 13.0. The van der Waals surface area contributed by atoms with Crippen LogP contribution in [-0.4, -0.2) is 35.2 Å². The summed E-state index contributed by atoms with van der Waals surface area (Å²) >= 11 is 0. The van der Waals surface area contributed by atoms with Gasteiger partial charge in [0.25, 0.3) is 0 Å². The molecule has 3 rings (SSSR count). The van der Waals surface area contributed by atoms with Crippen molar-refractivity contribution in [3.8, 4) is 12.3 Å². The standard InChI is InChI=1S/C32H40N4/c1-8-29-21-28(19-20-33-29)24(5)35-32(9-2)31(22-36(7)23(3)4)25(6)34-30-17-15-27(16-18-30)26-13-11-10-12-14-26/h1,9,15-21,23,26,34H,2,5,10-14,22H2,3-4,6-7H3/b31-25+,35-32?. The van der Waals surface area contributed by atoms with Crippen LogP contribution in [0.25, 0.3) is 5.70 Å². The van der Waals surface area contributed by atoms with E-state index in [0.717, 1.165) is 34.8 Å². The van der Waals surface area contributed by atoms with E-state index in [9.17, 15) is 0 Å². The summed E-state index contributed by atoms with van der Waals surface area (Å²) < 4.78 is 0. The molecule has 1 aliphatic carbocycles. The summed E-state index contributed by atoms with van der Waals surface area (Å²) in [7, 11) is 2.12. The number of hydrogen-bond donors (Lipinski definition) is 1. The molecule has 0 unspecified atom stereocenters. The Hall–Kier alpha value is -3.42. The van der Waals surface area contributed by atoms with E-state index in [4.69, 9.17) is 11.4 Å². The number of likely N-dealkylation sites (N-methyl/N-ethyl adjacent to an activating group) is 1. The van der Waals surface area contributed by atoms with Crippen LogP contribution in [0.4, 0.5) is 5.69 Å². The number of nitrogens with one attached hydrogen (secondary N) is 1. The first-order chi connectivity index (χ1) is 17.3. The normalized spacial score (nSPS) is 15.4. The fourth-order valence-corrected chi connectivity index (χ4v) is 4.53. The van der Waals surface area contributed by atoms with Gasteiger partial charge in [0.1, 0.15) is 5.69 Å². The second-order valence-corrected chi connectivity index (χ2v) is 9.92. The number of rotatable bonds is 10. The lowest BCUT2D eigenvalue weighted by Crippen LogP contribution is -2.31. The molecule has 0 atom stereocenters. The average Bonchev–Trinajstić information content (AvgIpc) is 2.91. The molecule has 1 aliphatic rings. The quantitative estimate of drug-likeness (QED) is 0.284. The molecule has 1 aromatic heterocycles. The monoisotopic (exact) mass is 480 g/mol. The Kier molecular flexibility index (Phi) is 9.85. The van der Waals surface area contributed by atoms with Gasteiger partial charge in [-0.05, 0) is 82.5 Å². The minimum atomic E-state index is 0.384. The van der Waals surface area contributed by atoms with Crippen LogP contribution >= 0.6 is 0 Å². The first-order valence-electron chi connectivity index (χ1n) is 12.9. The van der Waals surface area contributed by atoms with E-state index in [-0.39, 0.29) is 0 Å². The molecule has 0 saturated heterocycles. The minimum absolute atomic E-state index is 0.384. The summed E-state index contributed by atoms with van der Waals surface area (Å²) in [5, 5.41) is 3.62. The van der Waals surface area contributed by atoms with Gasteiger partial charge in [-0.3, -0.25) is 4.90 Å². The van der Waals surface area contributed by atoms with E-state index >= 15 is 0 Å². The zero-order valence-corrected chi connectivity index (χ0v) is 22.3. The van der Waals surface area contributed by atoms with Crippen LogP contribution in [0.1, 0.15) is 75.6 Å². The Balaban J connectivity index is 1.90. The van der Waals surface area contributed by atoms with Crippen molar-refractivity contribution in [3.05, 3.63) is 89.9 Å². The third kappa shape index (κ3) is 7.29. The van der Waals surface area contributed by atoms with Crippen molar-refractivity contribution in [2.75, 3.05) is 18.9 Å². The van der Waals surface area contributed by atoms with Crippen LogP contribution in [0, 0.1) is 12.3 Å². The van der Waals surface area contributed by atoms with Crippen molar-refractivity contribution >= 4 is 17.1 Å². The molecule has 4 nitrogen and oxygen atoms in total. The van der Waals surface area contributed by atoms with Crippen LogP contribution in [0.5, 0.6) is 0 Å². The smallest absolute Gasteiger partial charge is 0.113 e. The maximum absolute atomic E-state index is 5.53. The van der Waals surface area contributed by atoms with Crippen molar-refractivity contribution in [2.24, 2.45) is 4.99 Å². The highest BCUT2D eigenvalue weighted by molar-refractivity contribution is 6.11. The van der Waals surface area contributed by atoms with E-state index in [1.54, 1.807) is 12.3 Å². The highest BCUT2D eigenvalue weighted by Gasteiger charge is 2.17. The molecule has 188 valence electrons. The summed E-state index contributed by atoms with van der Waals surface area (Å²) in [4.78, 5) is 11.3. The molecule has 0 amide bonds. The number of terminal acetylenes is 1. The highest BCUT2D eigenvalue weighted by Crippen LogP contribution is 2.33. The molecule has 0 spiro atoms. The maximum Gasteiger partial charge on any atom is 0.113 e. The first-order valence-corrected chi connectivity index (χ1v) is 12.9. The zero-order chi connectivity index (χ0) is 26.1. The third-order valence-electron chi connectivity index (χ3n) is 7.06. The fraction of sp³-hybridized carbons (Fsp3) is 0.375. The molecule has 4 heteroatoms. The first kappa shape index (κ1) is 27.2. The van der Waals surface area contributed by atoms with E-state index in [2.05, 4.69) is 86.4 Å². The molecule has 0 radical (unpaired) electrons. The summed E-state index contributed by atoms with van der Waals surface area (Å²) in [5.41, 5.74) is 7.46. The minimum Gasteiger partial charge on any atom is -0.359 e. The van der Waals surface area contributed by atoms with E-state index in [1.807, 2.05) is 12.1 Å². The van der Waals surface area contributed by atoms with Crippen molar-refractivity contribution < 1.29 is 0 Å². The van der Waals surface area contributed by atoms with Crippen molar-refractivity contribution in [1.29, 1.82) is 0 Å². The number of nitrogens with zero attached hydrogens (tertiary/aromatic N) is 3. The van der Waals surface area contributed by atoms with Crippen molar-refractivity contribution in [3.63, 3.8) is 0 Å². The molecular weight excluding hydrogens is 440 g/mol. The molecule has 1 heterocycles. The molecular formula is C32H40N4. The lowest BCUT2D eigenvalue weighted by Gasteiger charge is -2.25. The van der Waals surface area contributed by atoms with Gasteiger partial charge >= 0.3 is 0 Å².